The fraction of sp³-hybridized carbons (Fsp3) is 0.611. The zero-order chi connectivity index (χ0) is 16.5. The second-order valence-corrected chi connectivity index (χ2v) is 6.25. The Kier molecular flexibility index (Phi) is 7.20. The summed E-state index contributed by atoms with van der Waals surface area (Å²) in [6, 6.07) is 8.42. The number of nitrogens with one attached hydrogen (secondary N) is 1. The van der Waals surface area contributed by atoms with E-state index in [9.17, 15) is 0 Å². The molecule has 5 heteroatoms. The third kappa shape index (κ3) is 6.10. The molecule has 0 radical (unpaired) electrons. The smallest absolute Gasteiger partial charge is 0.193 e. The minimum atomic E-state index is 0.468. The number of anilines is 1. The molecule has 1 saturated carbocycles. The highest BCUT2D eigenvalue weighted by Gasteiger charge is 2.17. The molecule has 0 spiro atoms. The predicted molar refractivity (Wildman–Crippen MR) is 97.2 cm³/mol. The lowest BCUT2D eigenvalue weighted by Gasteiger charge is -2.30. The topological polar surface area (TPSA) is 62.9 Å². The first-order chi connectivity index (χ1) is 11.2. The number of nitrogens with zero attached hydrogens (tertiary/aromatic N) is 2. The number of aliphatic imine (C=N–C) groups is 1. The van der Waals surface area contributed by atoms with Gasteiger partial charge in [-0.3, -0.25) is 4.99 Å². The number of rotatable bonds is 7. The summed E-state index contributed by atoms with van der Waals surface area (Å²) >= 11 is 0. The van der Waals surface area contributed by atoms with Crippen LogP contribution in [0.1, 0.15) is 38.5 Å². The van der Waals surface area contributed by atoms with E-state index >= 15 is 0 Å². The molecular weight excluding hydrogens is 288 g/mol. The summed E-state index contributed by atoms with van der Waals surface area (Å²) < 4.78 is 5.13. The average Bonchev–Trinajstić information content (AvgIpc) is 2.60. The van der Waals surface area contributed by atoms with Gasteiger partial charge in [-0.15, -0.1) is 0 Å². The summed E-state index contributed by atoms with van der Waals surface area (Å²) in [6.45, 7) is 1.84. The third-order valence-electron chi connectivity index (χ3n) is 4.51. The highest BCUT2D eigenvalue weighted by molar-refractivity contribution is 5.92. The van der Waals surface area contributed by atoms with Gasteiger partial charge >= 0.3 is 0 Å². The Morgan fingerprint density at radius 3 is 2.61 bits per heavy atom. The van der Waals surface area contributed by atoms with Gasteiger partial charge < -0.3 is 20.7 Å². The van der Waals surface area contributed by atoms with Crippen LogP contribution >= 0.6 is 0 Å². The zero-order valence-corrected chi connectivity index (χ0v) is 14.4. The number of hydrogen-bond donors (Lipinski definition) is 2. The Balaban J connectivity index is 1.67. The van der Waals surface area contributed by atoms with Crippen molar-refractivity contribution in [2.45, 2.75) is 44.6 Å². The summed E-state index contributed by atoms with van der Waals surface area (Å²) in [4.78, 5) is 6.89. The Bertz CT molecular complexity index is 480. The van der Waals surface area contributed by atoms with Crippen molar-refractivity contribution < 1.29 is 4.74 Å². The molecule has 3 N–H and O–H groups in total. The maximum absolute atomic E-state index is 5.93. The van der Waals surface area contributed by atoms with Gasteiger partial charge in [0, 0.05) is 18.3 Å². The molecule has 0 amide bonds. The van der Waals surface area contributed by atoms with Crippen molar-refractivity contribution in [3.63, 3.8) is 0 Å². The van der Waals surface area contributed by atoms with Crippen molar-refractivity contribution in [2.24, 2.45) is 10.7 Å². The molecule has 0 atom stereocenters. The lowest BCUT2D eigenvalue weighted by atomic mass is 9.94. The Morgan fingerprint density at radius 1 is 1.26 bits per heavy atom. The summed E-state index contributed by atoms with van der Waals surface area (Å²) in [5.74, 6) is 1.30. The maximum Gasteiger partial charge on any atom is 0.193 e. The summed E-state index contributed by atoms with van der Waals surface area (Å²) in [5, 5.41) is 3.10. The van der Waals surface area contributed by atoms with Crippen LogP contribution in [0.3, 0.4) is 0 Å². The average molecular weight is 318 g/mol. The number of hydrogen-bond acceptors (Lipinski definition) is 3. The van der Waals surface area contributed by atoms with Crippen molar-refractivity contribution in [3.8, 4) is 5.75 Å². The van der Waals surface area contributed by atoms with Crippen LogP contribution in [0.25, 0.3) is 0 Å². The fourth-order valence-electron chi connectivity index (χ4n) is 3.09. The molecule has 0 heterocycles. The maximum atomic E-state index is 5.93. The molecule has 1 aromatic carbocycles. The molecule has 1 fully saturated rings. The molecule has 1 aliphatic rings. The molecule has 0 saturated heterocycles. The van der Waals surface area contributed by atoms with Gasteiger partial charge in [0.2, 0.25) is 0 Å². The van der Waals surface area contributed by atoms with E-state index in [-0.39, 0.29) is 0 Å². The number of ether oxygens (including phenoxy) is 1. The summed E-state index contributed by atoms with van der Waals surface area (Å²) in [6.07, 6.45) is 7.90. The van der Waals surface area contributed by atoms with Gasteiger partial charge in [-0.1, -0.05) is 19.3 Å². The molecule has 23 heavy (non-hydrogen) atoms. The van der Waals surface area contributed by atoms with Crippen LogP contribution in [0.5, 0.6) is 5.75 Å². The van der Waals surface area contributed by atoms with Crippen molar-refractivity contribution >= 4 is 11.6 Å². The molecule has 0 aliphatic heterocycles. The second kappa shape index (κ2) is 9.40. The molecule has 128 valence electrons. The number of guanidine groups is 1. The molecular formula is C18H30N4O. The predicted octanol–water partition coefficient (Wildman–Crippen LogP) is 3.08. The van der Waals surface area contributed by atoms with Crippen LogP contribution in [0.4, 0.5) is 5.69 Å². The zero-order valence-electron chi connectivity index (χ0n) is 14.4. The quantitative estimate of drug-likeness (QED) is 0.461. The SMILES string of the molecule is COc1ccc(NC(N)=NCCCN(C)C2CCCCC2)cc1. The standard InChI is InChI=1S/C18H30N4O/c1-22(16-7-4-3-5-8-16)14-6-13-20-18(19)21-15-9-11-17(23-2)12-10-15/h9-12,16H,3-8,13-14H2,1-2H3,(H3,19,20,21). The van der Waals surface area contributed by atoms with E-state index in [1.807, 2.05) is 24.3 Å². The van der Waals surface area contributed by atoms with Crippen LogP contribution in [0.2, 0.25) is 0 Å². The van der Waals surface area contributed by atoms with Crippen LogP contribution in [-0.4, -0.2) is 44.1 Å². The fourth-order valence-corrected chi connectivity index (χ4v) is 3.09. The lowest BCUT2D eigenvalue weighted by Crippen LogP contribution is -2.34. The first-order valence-corrected chi connectivity index (χ1v) is 8.60. The second-order valence-electron chi connectivity index (χ2n) is 6.25. The van der Waals surface area contributed by atoms with E-state index < -0.39 is 0 Å². The number of benzene rings is 1. The first-order valence-electron chi connectivity index (χ1n) is 8.60. The molecule has 2 rings (SSSR count). The van der Waals surface area contributed by atoms with E-state index in [1.165, 1.54) is 32.1 Å². The molecule has 0 unspecified atom stereocenters. The van der Waals surface area contributed by atoms with E-state index in [1.54, 1.807) is 7.11 Å². The van der Waals surface area contributed by atoms with E-state index in [2.05, 4.69) is 22.3 Å². The van der Waals surface area contributed by atoms with Gasteiger partial charge in [0.05, 0.1) is 7.11 Å². The summed E-state index contributed by atoms with van der Waals surface area (Å²) in [7, 11) is 3.89. The van der Waals surface area contributed by atoms with Gasteiger partial charge in [0.15, 0.2) is 5.96 Å². The van der Waals surface area contributed by atoms with Crippen molar-refractivity contribution in [2.75, 3.05) is 32.6 Å². The van der Waals surface area contributed by atoms with E-state index in [0.717, 1.165) is 37.0 Å². The molecule has 0 bridgehead atoms. The number of nitrogens with two attached hydrogens (primary N) is 1. The van der Waals surface area contributed by atoms with Gasteiger partial charge in [-0.25, -0.2) is 0 Å². The van der Waals surface area contributed by atoms with Crippen molar-refractivity contribution in [3.05, 3.63) is 24.3 Å². The highest BCUT2D eigenvalue weighted by atomic mass is 16.5. The minimum absolute atomic E-state index is 0.468. The molecule has 1 aliphatic carbocycles. The van der Waals surface area contributed by atoms with Crippen LogP contribution in [-0.2, 0) is 0 Å². The van der Waals surface area contributed by atoms with Gasteiger partial charge in [0.25, 0.3) is 0 Å². The normalized spacial score (nSPS) is 16.6. The molecule has 1 aromatic rings. The Morgan fingerprint density at radius 2 is 1.96 bits per heavy atom. The van der Waals surface area contributed by atoms with Crippen molar-refractivity contribution in [1.82, 2.24) is 4.90 Å². The Labute approximate surface area is 139 Å². The van der Waals surface area contributed by atoms with Gasteiger partial charge in [-0.05, 0) is 57.1 Å². The van der Waals surface area contributed by atoms with E-state index in [4.69, 9.17) is 10.5 Å². The summed E-state index contributed by atoms with van der Waals surface area (Å²) in [5.41, 5.74) is 6.85. The minimum Gasteiger partial charge on any atom is -0.497 e. The third-order valence-corrected chi connectivity index (χ3v) is 4.51. The van der Waals surface area contributed by atoms with Gasteiger partial charge in [-0.2, -0.15) is 0 Å². The monoisotopic (exact) mass is 318 g/mol. The van der Waals surface area contributed by atoms with E-state index in [0.29, 0.717) is 5.96 Å². The molecule has 5 nitrogen and oxygen atoms in total. The van der Waals surface area contributed by atoms with Gasteiger partial charge in [0.1, 0.15) is 5.75 Å². The van der Waals surface area contributed by atoms with Crippen LogP contribution < -0.4 is 15.8 Å². The van der Waals surface area contributed by atoms with Crippen molar-refractivity contribution in [1.29, 1.82) is 0 Å². The largest absolute Gasteiger partial charge is 0.497 e. The number of methoxy groups -OCH3 is 1. The highest BCUT2D eigenvalue weighted by Crippen LogP contribution is 2.21. The van der Waals surface area contributed by atoms with Crippen LogP contribution in [0, 0.1) is 0 Å². The van der Waals surface area contributed by atoms with Crippen LogP contribution in [0.15, 0.2) is 29.3 Å². The first kappa shape index (κ1) is 17.6. The Hall–Kier alpha value is -1.75. The lowest BCUT2D eigenvalue weighted by molar-refractivity contribution is 0.191. The molecule has 0 aromatic heterocycles.